The van der Waals surface area contributed by atoms with Gasteiger partial charge in [0.05, 0.1) is 24.8 Å². The lowest BCUT2D eigenvalue weighted by Crippen LogP contribution is -2.44. The number of benzene rings is 1. The van der Waals surface area contributed by atoms with Gasteiger partial charge in [-0.3, -0.25) is 14.6 Å². The van der Waals surface area contributed by atoms with E-state index in [9.17, 15) is 24.0 Å². The summed E-state index contributed by atoms with van der Waals surface area (Å²) in [6.45, 7) is 3.64. The van der Waals surface area contributed by atoms with Gasteiger partial charge in [0.1, 0.15) is 24.1 Å². The molecule has 3 atom stereocenters. The smallest absolute Gasteiger partial charge is 0.329 e. The maximum Gasteiger partial charge on any atom is 0.329 e. The van der Waals surface area contributed by atoms with E-state index in [1.165, 1.54) is 34.8 Å². The second-order valence-corrected chi connectivity index (χ2v) is 11.9. The fourth-order valence-corrected chi connectivity index (χ4v) is 6.18. The highest BCUT2D eigenvalue weighted by molar-refractivity contribution is 8.76. The molecule has 0 spiro atoms. The number of hydrogen-bond donors (Lipinski definition) is 4. The van der Waals surface area contributed by atoms with Gasteiger partial charge < -0.3 is 24.9 Å². The number of rotatable bonds is 18. The van der Waals surface area contributed by atoms with Crippen molar-refractivity contribution in [3.63, 3.8) is 0 Å². The minimum absolute atomic E-state index is 0.0300. The molecule has 1 aromatic carbocycles. The number of nitrogens with zero attached hydrogens (tertiary/aromatic N) is 1. The van der Waals surface area contributed by atoms with E-state index in [0.29, 0.717) is 22.6 Å². The molecule has 42 heavy (non-hydrogen) atoms. The second kappa shape index (κ2) is 19.5. The first-order valence-corrected chi connectivity index (χ1v) is 17.2. The van der Waals surface area contributed by atoms with Crippen LogP contribution in [0.3, 0.4) is 0 Å². The van der Waals surface area contributed by atoms with Crippen molar-refractivity contribution in [1.29, 1.82) is 0 Å². The molecule has 0 aliphatic rings. The first-order valence-electron chi connectivity index (χ1n) is 12.9. The second-order valence-electron chi connectivity index (χ2n) is 8.40. The van der Waals surface area contributed by atoms with Crippen molar-refractivity contribution >= 4 is 76.2 Å². The molecule has 1 heterocycles. The van der Waals surface area contributed by atoms with Gasteiger partial charge >= 0.3 is 11.9 Å². The zero-order chi connectivity index (χ0) is 30.9. The van der Waals surface area contributed by atoms with Crippen LogP contribution in [-0.4, -0.2) is 89.9 Å². The molecule has 3 N–H and O–H groups in total. The number of carbonyl (C=O) groups is 5. The predicted octanol–water partition coefficient (Wildman–Crippen LogP) is 2.82. The topological polar surface area (TPSA) is 153 Å². The molecular weight excluding hydrogens is 621 g/mol. The number of amides is 2. The third-order valence-electron chi connectivity index (χ3n) is 5.41. The Balaban J connectivity index is 2.31. The van der Waals surface area contributed by atoms with Crippen molar-refractivity contribution in [3.05, 3.63) is 53.9 Å². The standard InChI is InChI=1S/C27H34N4O7S4/c1-4-37-26(35)22(15-40-3)29-24(33)20-12-28-21(11-19(20)17-9-7-6-8-10-17)25(34)30-23(27(36)38-5-2)16-41-42-31-18(13-32)14-39/h6-13,18,22-23,31,39H,4-5,14-16H2,1-3H3,(H,29,33)(H,30,34)/t18-,22?,23?/m1/s1. The maximum absolute atomic E-state index is 13.3. The van der Waals surface area contributed by atoms with Gasteiger partial charge in [-0.1, -0.05) is 41.1 Å². The lowest BCUT2D eigenvalue weighted by atomic mass is 9.99. The zero-order valence-electron chi connectivity index (χ0n) is 23.4. The first-order chi connectivity index (χ1) is 20.3. The van der Waals surface area contributed by atoms with Crippen molar-refractivity contribution in [2.45, 2.75) is 32.0 Å². The minimum Gasteiger partial charge on any atom is -0.464 e. The summed E-state index contributed by atoms with van der Waals surface area (Å²) in [7, 11) is 2.37. The predicted molar refractivity (Wildman–Crippen MR) is 171 cm³/mol. The van der Waals surface area contributed by atoms with Crippen molar-refractivity contribution in [2.24, 2.45) is 0 Å². The van der Waals surface area contributed by atoms with Crippen LogP contribution in [0.5, 0.6) is 0 Å². The Morgan fingerprint density at radius 3 is 2.17 bits per heavy atom. The molecule has 228 valence electrons. The number of aldehydes is 1. The van der Waals surface area contributed by atoms with E-state index < -0.39 is 41.9 Å². The lowest BCUT2D eigenvalue weighted by Gasteiger charge is -2.19. The monoisotopic (exact) mass is 654 g/mol. The summed E-state index contributed by atoms with van der Waals surface area (Å²) in [6.07, 6.45) is 3.80. The number of aromatic nitrogens is 1. The molecule has 0 bridgehead atoms. The molecule has 0 saturated carbocycles. The maximum atomic E-state index is 13.3. The fourth-order valence-electron chi connectivity index (χ4n) is 3.38. The van der Waals surface area contributed by atoms with Crippen molar-refractivity contribution < 1.29 is 33.4 Å². The van der Waals surface area contributed by atoms with Gasteiger partial charge in [-0.05, 0) is 48.3 Å². The van der Waals surface area contributed by atoms with Crippen LogP contribution < -0.4 is 15.4 Å². The molecule has 1 aromatic heterocycles. The molecule has 0 radical (unpaired) electrons. The molecule has 0 aliphatic heterocycles. The summed E-state index contributed by atoms with van der Waals surface area (Å²) in [5, 5.41) is 5.36. The lowest BCUT2D eigenvalue weighted by molar-refractivity contribution is -0.145. The summed E-state index contributed by atoms with van der Waals surface area (Å²) in [5.41, 5.74) is 1.18. The van der Waals surface area contributed by atoms with Gasteiger partial charge in [-0.25, -0.2) is 14.3 Å². The largest absolute Gasteiger partial charge is 0.464 e. The number of hydrogen-bond acceptors (Lipinski definition) is 13. The molecule has 2 unspecified atom stereocenters. The third kappa shape index (κ3) is 11.2. The summed E-state index contributed by atoms with van der Waals surface area (Å²) in [6, 6.07) is 8.05. The Bertz CT molecular complexity index is 1210. The van der Waals surface area contributed by atoms with E-state index in [1.54, 1.807) is 38.1 Å². The molecule has 0 fully saturated rings. The minimum atomic E-state index is -1.01. The molecule has 2 amide bonds. The van der Waals surface area contributed by atoms with E-state index in [4.69, 9.17) is 9.47 Å². The van der Waals surface area contributed by atoms with Crippen LogP contribution in [0.2, 0.25) is 0 Å². The van der Waals surface area contributed by atoms with Crippen molar-refractivity contribution in [3.8, 4) is 11.1 Å². The Morgan fingerprint density at radius 1 is 0.976 bits per heavy atom. The Labute approximate surface area is 262 Å². The fraction of sp³-hybridized carbons (Fsp3) is 0.407. The molecular formula is C27H34N4O7S4. The summed E-state index contributed by atoms with van der Waals surface area (Å²) >= 11 is 5.46. The molecule has 11 nitrogen and oxygen atoms in total. The van der Waals surface area contributed by atoms with Gasteiger partial charge in [0.15, 0.2) is 0 Å². The number of ether oxygens (including phenoxy) is 2. The van der Waals surface area contributed by atoms with Crippen LogP contribution in [0.1, 0.15) is 34.7 Å². The highest BCUT2D eigenvalue weighted by Gasteiger charge is 2.27. The highest BCUT2D eigenvalue weighted by atomic mass is 33.1. The number of esters is 2. The SMILES string of the molecule is CCOC(=O)C(CSSN[C@H](C=O)CS)NC(=O)c1cc(-c2ccccc2)c(C(=O)NC(CSC)C(=O)OCC)cn1. The quantitative estimate of drug-likeness (QED) is 0.0467. The van der Waals surface area contributed by atoms with E-state index in [-0.39, 0.29) is 30.2 Å². The normalized spacial score (nSPS) is 12.9. The van der Waals surface area contributed by atoms with Crippen LogP contribution in [0.25, 0.3) is 11.1 Å². The van der Waals surface area contributed by atoms with Crippen LogP contribution in [0, 0.1) is 0 Å². The van der Waals surface area contributed by atoms with Gasteiger partial charge in [0, 0.05) is 23.5 Å². The van der Waals surface area contributed by atoms with Crippen LogP contribution in [0.4, 0.5) is 0 Å². The Hall–Kier alpha value is -2.72. The molecule has 0 saturated heterocycles. The van der Waals surface area contributed by atoms with Crippen molar-refractivity contribution in [1.82, 2.24) is 20.3 Å². The molecule has 15 heteroatoms. The van der Waals surface area contributed by atoms with Gasteiger partial charge in [-0.2, -0.15) is 24.4 Å². The number of thiol groups is 1. The molecule has 0 aliphatic carbocycles. The van der Waals surface area contributed by atoms with Crippen LogP contribution in [-0.2, 0) is 23.9 Å². The summed E-state index contributed by atoms with van der Waals surface area (Å²) in [4.78, 5) is 66.7. The van der Waals surface area contributed by atoms with Crippen LogP contribution >= 0.6 is 46.2 Å². The Kier molecular flexibility index (Phi) is 16.4. The number of thioether (sulfide) groups is 1. The van der Waals surface area contributed by atoms with Gasteiger partial charge in [0.2, 0.25) is 0 Å². The average molecular weight is 655 g/mol. The van der Waals surface area contributed by atoms with E-state index in [0.717, 1.165) is 17.3 Å². The Morgan fingerprint density at radius 2 is 1.60 bits per heavy atom. The van der Waals surface area contributed by atoms with Gasteiger partial charge in [-0.15, -0.1) is 0 Å². The number of carbonyl (C=O) groups excluding carboxylic acids is 5. The molecule has 2 rings (SSSR count). The first kappa shape index (κ1) is 35.5. The summed E-state index contributed by atoms with van der Waals surface area (Å²) < 4.78 is 13.1. The van der Waals surface area contributed by atoms with Crippen LogP contribution in [0.15, 0.2) is 42.6 Å². The highest BCUT2D eigenvalue weighted by Crippen LogP contribution is 2.25. The average Bonchev–Trinajstić information content (AvgIpc) is 3.00. The van der Waals surface area contributed by atoms with E-state index >= 15 is 0 Å². The number of nitrogens with one attached hydrogen (secondary N) is 3. The molecule has 2 aromatic rings. The van der Waals surface area contributed by atoms with E-state index in [2.05, 4.69) is 33.0 Å². The van der Waals surface area contributed by atoms with Gasteiger partial charge in [0.25, 0.3) is 11.8 Å². The van der Waals surface area contributed by atoms with E-state index in [1.807, 2.05) is 12.3 Å². The number of pyridine rings is 1. The zero-order valence-corrected chi connectivity index (χ0v) is 26.7. The van der Waals surface area contributed by atoms with Crippen molar-refractivity contribution in [2.75, 3.05) is 36.7 Å². The third-order valence-corrected chi connectivity index (χ3v) is 8.50. The summed E-state index contributed by atoms with van der Waals surface area (Å²) in [5.74, 6) is -1.63.